The molecule has 0 saturated carbocycles. The van der Waals surface area contributed by atoms with Crippen LogP contribution in [-0.4, -0.2) is 60.5 Å². The third-order valence-electron chi connectivity index (χ3n) is 11.3. The van der Waals surface area contributed by atoms with E-state index in [1.54, 1.807) is 0 Å². The van der Waals surface area contributed by atoms with E-state index >= 15 is 0 Å². The third-order valence-corrected chi connectivity index (χ3v) is 12.3. The number of aliphatic carboxylic acids is 1. The molecule has 0 fully saturated rings. The minimum Gasteiger partial charge on any atom is -0.480 e. The molecule has 0 aromatic rings. The molecule has 0 bridgehead atoms. The number of phosphoric ester groups is 1. The van der Waals surface area contributed by atoms with Crippen molar-refractivity contribution in [2.75, 3.05) is 26.4 Å². The average molecular weight is 986 g/mol. The molecular weight excluding hydrogens is 886 g/mol. The van der Waals surface area contributed by atoms with Crippen molar-refractivity contribution in [3.63, 3.8) is 0 Å². The first-order chi connectivity index (χ1) is 33.7. The highest BCUT2D eigenvalue weighted by molar-refractivity contribution is 7.47. The van der Waals surface area contributed by atoms with Crippen molar-refractivity contribution in [1.82, 2.24) is 0 Å². The van der Waals surface area contributed by atoms with Crippen molar-refractivity contribution in [2.45, 2.75) is 231 Å². The fraction of sp³-hybridized carbons (Fsp3) is 0.690. The van der Waals surface area contributed by atoms with E-state index in [2.05, 4.69) is 111 Å². The van der Waals surface area contributed by atoms with Crippen molar-refractivity contribution >= 4 is 19.8 Å². The number of nitrogens with two attached hydrogens (primary N) is 1. The molecule has 0 amide bonds. The predicted molar refractivity (Wildman–Crippen MR) is 290 cm³/mol. The molecule has 0 saturated heterocycles. The van der Waals surface area contributed by atoms with E-state index in [-0.39, 0.29) is 13.0 Å². The molecule has 0 spiro atoms. The largest absolute Gasteiger partial charge is 0.480 e. The number of rotatable bonds is 51. The Morgan fingerprint density at radius 1 is 0.478 bits per heavy atom. The molecule has 0 aromatic heterocycles. The second kappa shape index (κ2) is 52.7. The number of carboxylic acid groups (broad SMARTS) is 1. The van der Waals surface area contributed by atoms with Crippen molar-refractivity contribution in [3.05, 3.63) is 97.2 Å². The van der Waals surface area contributed by atoms with Crippen LogP contribution in [0.3, 0.4) is 0 Å². The summed E-state index contributed by atoms with van der Waals surface area (Å²) in [5, 5.41) is 8.95. The maximum atomic E-state index is 12.7. The second-order valence-electron chi connectivity index (χ2n) is 18.0. The SMILES string of the molecule is CC/C=C\C/C=C\C/C=C\C/C=C\C/C=C\C/C=C\CCCCCCCOCC(COP(=O)(O)OCC(N)C(=O)O)OC(=O)CCCCCCCCCCCCC/C=C\C/C=C\CCCCCCC. The number of ether oxygens (including phenoxy) is 2. The Morgan fingerprint density at radius 2 is 0.841 bits per heavy atom. The van der Waals surface area contributed by atoms with Crippen LogP contribution in [0.4, 0.5) is 0 Å². The van der Waals surface area contributed by atoms with Crippen LogP contribution < -0.4 is 5.73 Å². The van der Waals surface area contributed by atoms with E-state index in [0.29, 0.717) is 13.0 Å². The number of esters is 1. The summed E-state index contributed by atoms with van der Waals surface area (Å²) >= 11 is 0. The number of phosphoric acid groups is 1. The van der Waals surface area contributed by atoms with E-state index in [1.165, 1.54) is 89.9 Å². The highest BCUT2D eigenvalue weighted by atomic mass is 31.2. The predicted octanol–water partition coefficient (Wildman–Crippen LogP) is 16.4. The fourth-order valence-corrected chi connectivity index (χ4v) is 7.95. The lowest BCUT2D eigenvalue weighted by Gasteiger charge is -2.20. The molecule has 0 heterocycles. The molecule has 0 aliphatic heterocycles. The number of allylic oxidation sites excluding steroid dienone is 16. The maximum Gasteiger partial charge on any atom is 0.472 e. The Kier molecular flexibility index (Phi) is 50.3. The van der Waals surface area contributed by atoms with Crippen LogP contribution in [-0.2, 0) is 32.7 Å². The van der Waals surface area contributed by atoms with Gasteiger partial charge in [-0.25, -0.2) is 4.57 Å². The zero-order valence-electron chi connectivity index (χ0n) is 43.6. The summed E-state index contributed by atoms with van der Waals surface area (Å²) in [5.41, 5.74) is 5.38. The molecule has 11 heteroatoms. The first kappa shape index (κ1) is 65.9. The fourth-order valence-electron chi connectivity index (χ4n) is 7.17. The van der Waals surface area contributed by atoms with Gasteiger partial charge in [-0.2, -0.15) is 0 Å². The molecule has 396 valence electrons. The van der Waals surface area contributed by atoms with Crippen LogP contribution in [0.15, 0.2) is 97.2 Å². The van der Waals surface area contributed by atoms with E-state index in [9.17, 15) is 19.0 Å². The molecule has 0 rings (SSSR count). The Hall–Kier alpha value is -3.11. The van der Waals surface area contributed by atoms with Gasteiger partial charge in [0, 0.05) is 13.0 Å². The summed E-state index contributed by atoms with van der Waals surface area (Å²) in [6, 6.07) is -1.48. The van der Waals surface area contributed by atoms with Crippen LogP contribution in [0.25, 0.3) is 0 Å². The number of hydrogen-bond donors (Lipinski definition) is 3. The summed E-state index contributed by atoms with van der Waals surface area (Å²) in [6.07, 6.45) is 70.4. The van der Waals surface area contributed by atoms with Gasteiger partial charge >= 0.3 is 19.8 Å². The smallest absolute Gasteiger partial charge is 0.472 e. The molecule has 10 nitrogen and oxygen atoms in total. The van der Waals surface area contributed by atoms with Crippen molar-refractivity contribution < 1.29 is 42.7 Å². The lowest BCUT2D eigenvalue weighted by atomic mass is 10.0. The van der Waals surface area contributed by atoms with Crippen LogP contribution >= 0.6 is 7.82 Å². The van der Waals surface area contributed by atoms with Crippen molar-refractivity contribution in [1.29, 1.82) is 0 Å². The van der Waals surface area contributed by atoms with Crippen LogP contribution in [0, 0.1) is 0 Å². The lowest BCUT2D eigenvalue weighted by Crippen LogP contribution is -2.34. The number of carbonyl (C=O) groups is 2. The van der Waals surface area contributed by atoms with Gasteiger partial charge in [0.15, 0.2) is 0 Å². The highest BCUT2D eigenvalue weighted by Crippen LogP contribution is 2.43. The van der Waals surface area contributed by atoms with Gasteiger partial charge in [0.1, 0.15) is 12.1 Å². The quantitative estimate of drug-likeness (QED) is 0.0232. The molecular formula is C58H100NO9P. The number of unbranched alkanes of at least 4 members (excludes halogenated alkanes) is 21. The zero-order valence-corrected chi connectivity index (χ0v) is 44.5. The number of carbonyl (C=O) groups excluding carboxylic acids is 1. The van der Waals surface area contributed by atoms with Gasteiger partial charge < -0.3 is 25.2 Å². The Morgan fingerprint density at radius 3 is 1.26 bits per heavy atom. The summed E-state index contributed by atoms with van der Waals surface area (Å²) in [5.74, 6) is -1.79. The van der Waals surface area contributed by atoms with Gasteiger partial charge in [0.05, 0.1) is 19.8 Å². The average Bonchev–Trinajstić information content (AvgIpc) is 3.33. The summed E-state index contributed by atoms with van der Waals surface area (Å²) < 4.78 is 33.5. The molecule has 0 radical (unpaired) electrons. The highest BCUT2D eigenvalue weighted by Gasteiger charge is 2.27. The summed E-state index contributed by atoms with van der Waals surface area (Å²) in [4.78, 5) is 33.8. The zero-order chi connectivity index (χ0) is 50.4. The van der Waals surface area contributed by atoms with Gasteiger partial charge in [-0.15, -0.1) is 0 Å². The minimum atomic E-state index is -4.64. The van der Waals surface area contributed by atoms with Crippen molar-refractivity contribution in [3.8, 4) is 0 Å². The molecule has 4 N–H and O–H groups in total. The van der Waals surface area contributed by atoms with Gasteiger partial charge in [-0.3, -0.25) is 18.6 Å². The van der Waals surface area contributed by atoms with Crippen LogP contribution in [0.5, 0.6) is 0 Å². The molecule has 0 aliphatic carbocycles. The molecule has 0 aliphatic rings. The topological polar surface area (TPSA) is 155 Å². The van der Waals surface area contributed by atoms with E-state index in [0.717, 1.165) is 103 Å². The molecule has 3 unspecified atom stereocenters. The Bertz CT molecular complexity index is 1470. The number of hydrogen-bond acceptors (Lipinski definition) is 8. The first-order valence-corrected chi connectivity index (χ1v) is 28.8. The van der Waals surface area contributed by atoms with E-state index < -0.39 is 45.1 Å². The standard InChI is InChI=1S/C58H100NO9P/c1-3-5-7-9-11-13-15-17-19-21-23-25-27-29-31-33-35-37-39-41-43-45-47-49-51-65-52-55(53-66-69(63,64)67-54-56(59)58(61)62)68-57(60)50-48-46-44-42-40-38-36-34-32-30-28-26-24-22-20-18-16-14-12-10-8-6-4-2/h5,7,11,13,16-19,22-25,29,31,35,37,55-56H,3-4,6,8-10,12,14-15,20-21,26-28,30,32-34,36,38-54,59H2,1-2H3,(H,61,62)(H,63,64)/b7-5-,13-11-,18-16-,19-17-,24-22-,25-23-,31-29-,37-35-. The van der Waals surface area contributed by atoms with Gasteiger partial charge in [0.2, 0.25) is 0 Å². The summed E-state index contributed by atoms with van der Waals surface area (Å²) in [6.45, 7) is 3.72. The number of carboxylic acids is 1. The van der Waals surface area contributed by atoms with E-state index in [4.69, 9.17) is 29.4 Å². The van der Waals surface area contributed by atoms with Crippen molar-refractivity contribution in [2.24, 2.45) is 5.73 Å². The first-order valence-electron chi connectivity index (χ1n) is 27.3. The maximum absolute atomic E-state index is 12.7. The monoisotopic (exact) mass is 986 g/mol. The summed E-state index contributed by atoms with van der Waals surface area (Å²) in [7, 11) is -4.64. The van der Waals surface area contributed by atoms with Gasteiger partial charge in [0.25, 0.3) is 0 Å². The van der Waals surface area contributed by atoms with Gasteiger partial charge in [-0.1, -0.05) is 214 Å². The normalized spacial score (nSPS) is 14.4. The van der Waals surface area contributed by atoms with E-state index in [1.807, 2.05) is 0 Å². The molecule has 0 aromatic carbocycles. The third kappa shape index (κ3) is 52.5. The van der Waals surface area contributed by atoms with Crippen LogP contribution in [0.2, 0.25) is 0 Å². The lowest BCUT2D eigenvalue weighted by molar-refractivity contribution is -0.154. The Balaban J connectivity index is 4.18. The Labute approximate surface area is 421 Å². The molecule has 69 heavy (non-hydrogen) atoms. The van der Waals surface area contributed by atoms with Crippen LogP contribution in [0.1, 0.15) is 219 Å². The van der Waals surface area contributed by atoms with Gasteiger partial charge in [-0.05, 0) is 96.3 Å². The second-order valence-corrected chi connectivity index (χ2v) is 19.4. The minimum absolute atomic E-state index is 0.00265. The molecule has 3 atom stereocenters.